The molecule has 0 aromatic carbocycles. The Morgan fingerprint density at radius 3 is 2.36 bits per heavy atom. The highest BCUT2D eigenvalue weighted by atomic mass is 16.5. The number of methoxy groups -OCH3 is 1. The molecule has 0 spiro atoms. The topological polar surface area (TPSA) is 38.3 Å². The fourth-order valence-electron chi connectivity index (χ4n) is 2.42. The second-order valence-corrected chi connectivity index (χ2v) is 3.88. The zero-order valence-electron chi connectivity index (χ0n) is 6.94. The van der Waals surface area contributed by atoms with Gasteiger partial charge in [0.05, 0.1) is 5.60 Å². The summed E-state index contributed by atoms with van der Waals surface area (Å²) in [6.45, 7) is 1.57. The van der Waals surface area contributed by atoms with Gasteiger partial charge in [-0.3, -0.25) is 4.79 Å². The smallest absolute Gasteiger partial charge is 0.217 e. The van der Waals surface area contributed by atoms with E-state index in [1.807, 2.05) is 0 Å². The number of hydrogen-bond acceptors (Lipinski definition) is 2. The first-order chi connectivity index (χ1) is 5.10. The predicted molar refractivity (Wildman–Crippen MR) is 40.1 cm³/mol. The molecule has 0 radical (unpaired) electrons. The van der Waals surface area contributed by atoms with Crippen LogP contribution in [0.15, 0.2) is 0 Å². The van der Waals surface area contributed by atoms with E-state index in [4.69, 9.17) is 4.74 Å². The van der Waals surface area contributed by atoms with Crippen LogP contribution in [-0.4, -0.2) is 24.2 Å². The maximum absolute atomic E-state index is 10.7. The van der Waals surface area contributed by atoms with E-state index in [9.17, 15) is 4.79 Å². The summed E-state index contributed by atoms with van der Waals surface area (Å²) in [5.74, 6) is 0.0782. The first kappa shape index (κ1) is 7.10. The molecule has 1 N–H and O–H groups in total. The number of ether oxygens (including phenoxy) is 1. The highest BCUT2D eigenvalue weighted by Gasteiger charge is 2.69. The first-order valence-corrected chi connectivity index (χ1v) is 3.94. The number of carbonyl (C=O) groups excluding carboxylic acids is 1. The van der Waals surface area contributed by atoms with Crippen LogP contribution in [0.25, 0.3) is 0 Å². The molecule has 3 rings (SSSR count). The van der Waals surface area contributed by atoms with Gasteiger partial charge in [0.2, 0.25) is 5.91 Å². The van der Waals surface area contributed by atoms with Crippen molar-refractivity contribution in [3.8, 4) is 0 Å². The lowest BCUT2D eigenvalue weighted by atomic mass is 9.46. The summed E-state index contributed by atoms with van der Waals surface area (Å²) in [5, 5.41) is 2.96. The lowest BCUT2D eigenvalue weighted by Crippen LogP contribution is -2.79. The van der Waals surface area contributed by atoms with Crippen LogP contribution in [0.1, 0.15) is 26.2 Å². The van der Waals surface area contributed by atoms with Crippen molar-refractivity contribution >= 4 is 5.91 Å². The molecule has 2 bridgehead atoms. The number of rotatable bonds is 2. The van der Waals surface area contributed by atoms with Gasteiger partial charge < -0.3 is 10.1 Å². The molecule has 62 valence electrons. The molecule has 0 saturated heterocycles. The summed E-state index contributed by atoms with van der Waals surface area (Å²) in [6, 6.07) is 0. The third-order valence-electron chi connectivity index (χ3n) is 2.86. The Hall–Kier alpha value is -0.570. The molecule has 0 heterocycles. The fourth-order valence-corrected chi connectivity index (χ4v) is 2.42. The summed E-state index contributed by atoms with van der Waals surface area (Å²) in [7, 11) is 1.75. The molecule has 0 atom stereocenters. The highest BCUT2D eigenvalue weighted by molar-refractivity contribution is 5.74. The van der Waals surface area contributed by atoms with Gasteiger partial charge in [-0.15, -0.1) is 0 Å². The molecule has 0 aromatic heterocycles. The average molecular weight is 155 g/mol. The lowest BCUT2D eigenvalue weighted by Gasteiger charge is -2.69. The van der Waals surface area contributed by atoms with Crippen molar-refractivity contribution in [2.24, 2.45) is 0 Å². The first-order valence-electron chi connectivity index (χ1n) is 3.94. The summed E-state index contributed by atoms with van der Waals surface area (Å²) in [5.41, 5.74) is 0.268. The number of carbonyl (C=O) groups is 1. The Labute approximate surface area is 66.1 Å². The van der Waals surface area contributed by atoms with Gasteiger partial charge in [0.1, 0.15) is 0 Å². The molecule has 3 aliphatic rings. The Morgan fingerprint density at radius 2 is 2.00 bits per heavy atom. The van der Waals surface area contributed by atoms with Gasteiger partial charge in [0.15, 0.2) is 0 Å². The molecule has 3 heteroatoms. The molecule has 1 amide bonds. The molecule has 3 fully saturated rings. The van der Waals surface area contributed by atoms with Gasteiger partial charge >= 0.3 is 0 Å². The summed E-state index contributed by atoms with van der Waals surface area (Å²) in [6.07, 6.45) is 3.03. The molecule has 0 unspecified atom stereocenters. The standard InChI is InChI=1S/C8H13NO2/c1-6(10)9-7-3-8(4-7,5-7)11-2/h3-5H2,1-2H3,(H,9,10). The molecule has 3 saturated carbocycles. The highest BCUT2D eigenvalue weighted by Crippen LogP contribution is 2.62. The van der Waals surface area contributed by atoms with E-state index in [-0.39, 0.29) is 17.0 Å². The maximum Gasteiger partial charge on any atom is 0.217 e. The van der Waals surface area contributed by atoms with Gasteiger partial charge in [-0.25, -0.2) is 0 Å². The third-order valence-corrected chi connectivity index (χ3v) is 2.86. The molecule has 0 aliphatic heterocycles. The van der Waals surface area contributed by atoms with Crippen molar-refractivity contribution in [3.63, 3.8) is 0 Å². The van der Waals surface area contributed by atoms with Crippen LogP contribution in [0.5, 0.6) is 0 Å². The van der Waals surface area contributed by atoms with E-state index in [0.29, 0.717) is 0 Å². The Balaban J connectivity index is 1.89. The monoisotopic (exact) mass is 155 g/mol. The van der Waals surface area contributed by atoms with E-state index < -0.39 is 0 Å². The second kappa shape index (κ2) is 1.78. The van der Waals surface area contributed by atoms with Gasteiger partial charge in [-0.1, -0.05) is 0 Å². The van der Waals surface area contributed by atoms with Crippen LogP contribution in [0, 0.1) is 0 Å². The summed E-state index contributed by atoms with van der Waals surface area (Å²) < 4.78 is 5.29. The van der Waals surface area contributed by atoms with E-state index in [1.54, 1.807) is 14.0 Å². The minimum atomic E-state index is 0.0782. The molecular weight excluding hydrogens is 142 g/mol. The zero-order valence-corrected chi connectivity index (χ0v) is 6.94. The minimum absolute atomic E-state index is 0.0782. The molecule has 0 aromatic rings. The molecule has 3 aliphatic carbocycles. The van der Waals surface area contributed by atoms with E-state index in [1.165, 1.54) is 0 Å². The Bertz CT molecular complexity index is 192. The SMILES string of the molecule is COC12CC(NC(C)=O)(C1)C2. The van der Waals surface area contributed by atoms with Crippen LogP contribution in [0.2, 0.25) is 0 Å². The lowest BCUT2D eigenvalue weighted by molar-refractivity contribution is -0.236. The van der Waals surface area contributed by atoms with Gasteiger partial charge in [-0.05, 0) is 19.3 Å². The van der Waals surface area contributed by atoms with Crippen LogP contribution < -0.4 is 5.32 Å². The van der Waals surface area contributed by atoms with Crippen molar-refractivity contribution in [2.45, 2.75) is 37.3 Å². The quantitative estimate of drug-likeness (QED) is 0.628. The normalized spacial score (nSPS) is 45.6. The molecule has 3 nitrogen and oxygen atoms in total. The number of hydrogen-bond donors (Lipinski definition) is 1. The Kier molecular flexibility index (Phi) is 1.15. The fraction of sp³-hybridized carbons (Fsp3) is 0.875. The van der Waals surface area contributed by atoms with Crippen molar-refractivity contribution < 1.29 is 9.53 Å². The van der Waals surface area contributed by atoms with Crippen molar-refractivity contribution in [1.29, 1.82) is 0 Å². The van der Waals surface area contributed by atoms with Crippen molar-refractivity contribution in [2.75, 3.05) is 7.11 Å². The van der Waals surface area contributed by atoms with Gasteiger partial charge in [-0.2, -0.15) is 0 Å². The summed E-state index contributed by atoms with van der Waals surface area (Å²) >= 11 is 0. The van der Waals surface area contributed by atoms with Crippen molar-refractivity contribution in [1.82, 2.24) is 5.32 Å². The predicted octanol–water partition coefficient (Wildman–Crippen LogP) is 0.444. The third kappa shape index (κ3) is 0.805. The van der Waals surface area contributed by atoms with Crippen LogP contribution in [0.3, 0.4) is 0 Å². The molecular formula is C8H13NO2. The van der Waals surface area contributed by atoms with Crippen LogP contribution >= 0.6 is 0 Å². The minimum Gasteiger partial charge on any atom is -0.378 e. The number of amides is 1. The van der Waals surface area contributed by atoms with E-state index in [2.05, 4.69) is 5.32 Å². The number of nitrogens with one attached hydrogen (secondary N) is 1. The average Bonchev–Trinajstić information content (AvgIpc) is 1.74. The Morgan fingerprint density at radius 1 is 1.45 bits per heavy atom. The maximum atomic E-state index is 10.7. The zero-order chi connectivity index (χ0) is 8.11. The van der Waals surface area contributed by atoms with Crippen LogP contribution in [-0.2, 0) is 9.53 Å². The van der Waals surface area contributed by atoms with Crippen molar-refractivity contribution in [3.05, 3.63) is 0 Å². The van der Waals surface area contributed by atoms with E-state index >= 15 is 0 Å². The van der Waals surface area contributed by atoms with E-state index in [0.717, 1.165) is 19.3 Å². The largest absolute Gasteiger partial charge is 0.378 e. The van der Waals surface area contributed by atoms with Gasteiger partial charge in [0, 0.05) is 19.6 Å². The molecule has 11 heavy (non-hydrogen) atoms. The summed E-state index contributed by atoms with van der Waals surface area (Å²) in [4.78, 5) is 10.7. The van der Waals surface area contributed by atoms with Gasteiger partial charge in [0.25, 0.3) is 0 Å². The van der Waals surface area contributed by atoms with Crippen LogP contribution in [0.4, 0.5) is 0 Å². The second-order valence-electron chi connectivity index (χ2n) is 3.88.